The second-order valence-corrected chi connectivity index (χ2v) is 5.72. The summed E-state index contributed by atoms with van der Waals surface area (Å²) in [6.07, 6.45) is 6.19. The summed E-state index contributed by atoms with van der Waals surface area (Å²) in [5, 5.41) is 12.0. The normalized spacial score (nSPS) is 18.0. The van der Waals surface area contributed by atoms with E-state index >= 15 is 0 Å². The van der Waals surface area contributed by atoms with E-state index in [1.165, 1.54) is 44.2 Å². The van der Waals surface area contributed by atoms with Crippen LogP contribution in [-0.2, 0) is 0 Å². The molecule has 0 unspecified atom stereocenters. The number of carboxylic acids is 1. The molecule has 1 aromatic rings. The van der Waals surface area contributed by atoms with Crippen molar-refractivity contribution in [2.24, 2.45) is 5.41 Å². The predicted octanol–water partition coefficient (Wildman–Crippen LogP) is 3.91. The molecule has 19 heavy (non-hydrogen) atoms. The first kappa shape index (κ1) is 13.8. The molecule has 1 aromatic carbocycles. The fourth-order valence-electron chi connectivity index (χ4n) is 2.70. The largest absolute Gasteiger partial charge is 0.478 e. The van der Waals surface area contributed by atoms with Gasteiger partial charge in [0.25, 0.3) is 0 Å². The number of carboxylic acid groups (broad SMARTS) is 1. The van der Waals surface area contributed by atoms with Gasteiger partial charge in [0, 0.05) is 12.2 Å². The van der Waals surface area contributed by atoms with E-state index in [1.54, 1.807) is 6.07 Å². The maximum absolute atomic E-state index is 13.5. The second-order valence-electron chi connectivity index (χ2n) is 5.72. The van der Waals surface area contributed by atoms with Crippen molar-refractivity contribution in [3.8, 4) is 0 Å². The molecule has 0 amide bonds. The Bertz CT molecular complexity index is 467. The maximum atomic E-state index is 13.5. The first-order valence-corrected chi connectivity index (χ1v) is 6.77. The Kier molecular flexibility index (Phi) is 4.08. The highest BCUT2D eigenvalue weighted by molar-refractivity contribution is 5.88. The van der Waals surface area contributed by atoms with Crippen molar-refractivity contribution >= 4 is 11.7 Å². The van der Waals surface area contributed by atoms with Crippen molar-refractivity contribution in [3.63, 3.8) is 0 Å². The van der Waals surface area contributed by atoms with Crippen LogP contribution in [0.15, 0.2) is 18.2 Å². The first-order chi connectivity index (χ1) is 9.00. The summed E-state index contributed by atoms with van der Waals surface area (Å²) in [4.78, 5) is 10.7. The highest BCUT2D eigenvalue weighted by atomic mass is 19.1. The van der Waals surface area contributed by atoms with E-state index in [0.717, 1.165) is 6.54 Å². The van der Waals surface area contributed by atoms with Crippen LogP contribution in [0.4, 0.5) is 10.1 Å². The molecule has 2 N–H and O–H groups in total. The monoisotopic (exact) mass is 265 g/mol. The summed E-state index contributed by atoms with van der Waals surface area (Å²) in [7, 11) is 0. The number of anilines is 1. The van der Waals surface area contributed by atoms with Crippen LogP contribution in [0, 0.1) is 11.2 Å². The highest BCUT2D eigenvalue weighted by Crippen LogP contribution is 2.35. The van der Waals surface area contributed by atoms with E-state index in [4.69, 9.17) is 5.11 Å². The van der Waals surface area contributed by atoms with Gasteiger partial charge >= 0.3 is 5.97 Å². The van der Waals surface area contributed by atoms with Gasteiger partial charge in [0.2, 0.25) is 0 Å². The summed E-state index contributed by atoms with van der Waals surface area (Å²) in [5.41, 5.74) is 0.629. The number of nitrogens with one attached hydrogen (secondary N) is 1. The second kappa shape index (κ2) is 5.59. The van der Waals surface area contributed by atoms with Crippen LogP contribution in [-0.4, -0.2) is 17.6 Å². The lowest BCUT2D eigenvalue weighted by atomic mass is 9.76. The van der Waals surface area contributed by atoms with Gasteiger partial charge in [-0.25, -0.2) is 9.18 Å². The average Bonchev–Trinajstić information content (AvgIpc) is 2.37. The fourth-order valence-corrected chi connectivity index (χ4v) is 2.70. The maximum Gasteiger partial charge on any atom is 0.338 e. The third-order valence-electron chi connectivity index (χ3n) is 3.98. The van der Waals surface area contributed by atoms with Gasteiger partial charge in [-0.15, -0.1) is 0 Å². The minimum absolute atomic E-state index is 0.264. The zero-order valence-electron chi connectivity index (χ0n) is 11.2. The Labute approximate surface area is 112 Å². The van der Waals surface area contributed by atoms with E-state index in [1.807, 2.05) is 0 Å². The molecule has 0 heterocycles. The molecule has 0 spiro atoms. The molecule has 1 aliphatic carbocycles. The van der Waals surface area contributed by atoms with Crippen LogP contribution in [0.1, 0.15) is 49.4 Å². The number of rotatable bonds is 4. The Hall–Kier alpha value is -1.58. The summed E-state index contributed by atoms with van der Waals surface area (Å²) in [6.45, 7) is 3.06. The number of hydrogen-bond acceptors (Lipinski definition) is 2. The van der Waals surface area contributed by atoms with Gasteiger partial charge in [-0.3, -0.25) is 0 Å². The molecule has 104 valence electrons. The molecule has 1 aliphatic rings. The van der Waals surface area contributed by atoms with Gasteiger partial charge in [-0.05, 0) is 36.5 Å². The molecule has 3 nitrogen and oxygen atoms in total. The SMILES string of the molecule is CC1(CNc2ccc(C(=O)O)c(F)c2)CCCCC1. The molecule has 4 heteroatoms. The number of aromatic carboxylic acids is 1. The molecule has 0 atom stereocenters. The van der Waals surface area contributed by atoms with Gasteiger partial charge < -0.3 is 10.4 Å². The zero-order valence-corrected chi connectivity index (χ0v) is 11.2. The smallest absolute Gasteiger partial charge is 0.338 e. The highest BCUT2D eigenvalue weighted by Gasteiger charge is 2.26. The molecule has 0 bridgehead atoms. The molecule has 0 aliphatic heterocycles. The van der Waals surface area contributed by atoms with Gasteiger partial charge in [0.05, 0.1) is 5.56 Å². The lowest BCUT2D eigenvalue weighted by molar-refractivity contribution is 0.0692. The van der Waals surface area contributed by atoms with E-state index in [2.05, 4.69) is 12.2 Å². The number of benzene rings is 1. The zero-order chi connectivity index (χ0) is 13.9. The van der Waals surface area contributed by atoms with Crippen molar-refractivity contribution in [1.29, 1.82) is 0 Å². The molecule has 1 fully saturated rings. The number of halogens is 1. The Morgan fingerprint density at radius 2 is 2.05 bits per heavy atom. The van der Waals surface area contributed by atoms with Crippen molar-refractivity contribution in [1.82, 2.24) is 0 Å². The minimum atomic E-state index is -1.23. The molecule has 0 radical (unpaired) electrons. The van der Waals surface area contributed by atoms with Crippen molar-refractivity contribution in [2.75, 3.05) is 11.9 Å². The predicted molar refractivity (Wildman–Crippen MR) is 73.0 cm³/mol. The lowest BCUT2D eigenvalue weighted by Crippen LogP contribution is -2.28. The first-order valence-electron chi connectivity index (χ1n) is 6.77. The quantitative estimate of drug-likeness (QED) is 0.867. The summed E-state index contributed by atoms with van der Waals surface area (Å²) < 4.78 is 13.5. The molecule has 0 saturated heterocycles. The van der Waals surface area contributed by atoms with E-state index in [0.29, 0.717) is 5.69 Å². The number of hydrogen-bond donors (Lipinski definition) is 2. The Morgan fingerprint density at radius 1 is 1.37 bits per heavy atom. The van der Waals surface area contributed by atoms with Gasteiger partial charge in [-0.2, -0.15) is 0 Å². The molecular formula is C15H20FNO2. The molecule has 0 aromatic heterocycles. The molecule has 1 saturated carbocycles. The summed E-state index contributed by atoms with van der Waals surface area (Å²) in [6, 6.07) is 4.19. The third-order valence-corrected chi connectivity index (χ3v) is 3.98. The summed E-state index contributed by atoms with van der Waals surface area (Å²) >= 11 is 0. The van der Waals surface area contributed by atoms with Crippen LogP contribution in [0.3, 0.4) is 0 Å². The van der Waals surface area contributed by atoms with Crippen molar-refractivity contribution in [3.05, 3.63) is 29.6 Å². The van der Waals surface area contributed by atoms with Crippen molar-refractivity contribution < 1.29 is 14.3 Å². The van der Waals surface area contributed by atoms with Crippen LogP contribution in [0.5, 0.6) is 0 Å². The fraction of sp³-hybridized carbons (Fsp3) is 0.533. The van der Waals surface area contributed by atoms with Gasteiger partial charge in [0.1, 0.15) is 5.82 Å². The van der Waals surface area contributed by atoms with E-state index < -0.39 is 11.8 Å². The minimum Gasteiger partial charge on any atom is -0.478 e. The lowest BCUT2D eigenvalue weighted by Gasteiger charge is -2.34. The number of carbonyl (C=O) groups is 1. The average molecular weight is 265 g/mol. The Balaban J connectivity index is 2.00. The summed E-state index contributed by atoms with van der Waals surface area (Å²) in [5.74, 6) is -1.92. The molecular weight excluding hydrogens is 245 g/mol. The van der Waals surface area contributed by atoms with Gasteiger partial charge in [-0.1, -0.05) is 26.2 Å². The van der Waals surface area contributed by atoms with Crippen LogP contribution in [0.25, 0.3) is 0 Å². The standard InChI is InChI=1S/C15H20FNO2/c1-15(7-3-2-4-8-15)10-17-11-5-6-12(14(18)19)13(16)9-11/h5-6,9,17H,2-4,7-8,10H2,1H3,(H,18,19). The van der Waals surface area contributed by atoms with Crippen LogP contribution < -0.4 is 5.32 Å². The van der Waals surface area contributed by atoms with E-state index in [9.17, 15) is 9.18 Å². The van der Waals surface area contributed by atoms with Gasteiger partial charge in [0.15, 0.2) is 0 Å². The van der Waals surface area contributed by atoms with E-state index in [-0.39, 0.29) is 11.0 Å². The van der Waals surface area contributed by atoms with Crippen LogP contribution >= 0.6 is 0 Å². The Morgan fingerprint density at radius 3 is 2.63 bits per heavy atom. The third kappa shape index (κ3) is 3.46. The van der Waals surface area contributed by atoms with Crippen molar-refractivity contribution in [2.45, 2.75) is 39.0 Å². The molecule has 2 rings (SSSR count). The van der Waals surface area contributed by atoms with Crippen LogP contribution in [0.2, 0.25) is 0 Å². The topological polar surface area (TPSA) is 49.3 Å².